The van der Waals surface area contributed by atoms with E-state index < -0.39 is 5.91 Å². The van der Waals surface area contributed by atoms with Crippen LogP contribution in [-0.2, 0) is 4.74 Å². The summed E-state index contributed by atoms with van der Waals surface area (Å²) >= 11 is 6.34. The summed E-state index contributed by atoms with van der Waals surface area (Å²) in [6.07, 6.45) is 1.61. The molecule has 4 rings (SSSR count). The number of halogens is 1. The van der Waals surface area contributed by atoms with Gasteiger partial charge in [-0.1, -0.05) is 11.6 Å². The summed E-state index contributed by atoms with van der Waals surface area (Å²) in [4.78, 5) is 24.8. The number of esters is 1. The van der Waals surface area contributed by atoms with Crippen molar-refractivity contribution in [1.82, 2.24) is 14.6 Å². The highest BCUT2D eigenvalue weighted by Gasteiger charge is 2.14. The average Bonchev–Trinajstić information content (AvgIpc) is 3.36. The van der Waals surface area contributed by atoms with Gasteiger partial charge in [0.05, 0.1) is 29.0 Å². The summed E-state index contributed by atoms with van der Waals surface area (Å²) in [5, 5.41) is 4.54. The predicted octanol–water partition coefficient (Wildman–Crippen LogP) is 6.10. The molecule has 0 aliphatic rings. The van der Waals surface area contributed by atoms with Crippen molar-refractivity contribution in [3.8, 4) is 11.4 Å². The third-order valence-corrected chi connectivity index (χ3v) is 6.53. The van der Waals surface area contributed by atoms with E-state index >= 15 is 0 Å². The van der Waals surface area contributed by atoms with Gasteiger partial charge in [0, 0.05) is 39.7 Å². The van der Waals surface area contributed by atoms with Crippen LogP contribution in [0.2, 0.25) is 5.02 Å². The first-order valence-corrected chi connectivity index (χ1v) is 12.3. The number of aryl methyl sites for hydroxylation is 3. The number of aromatic nitrogens is 2. The predicted molar refractivity (Wildman–Crippen MR) is 147 cm³/mol. The molecule has 2 heterocycles. The van der Waals surface area contributed by atoms with E-state index in [1.165, 1.54) is 0 Å². The van der Waals surface area contributed by atoms with Gasteiger partial charge in [0.15, 0.2) is 0 Å². The molecule has 2 aromatic carbocycles. The molecule has 0 unspecified atom stereocenters. The van der Waals surface area contributed by atoms with Crippen molar-refractivity contribution in [2.45, 2.75) is 34.6 Å². The Morgan fingerprint density at radius 3 is 2.19 bits per heavy atom. The fourth-order valence-electron chi connectivity index (χ4n) is 4.40. The van der Waals surface area contributed by atoms with Crippen molar-refractivity contribution < 1.29 is 14.3 Å². The van der Waals surface area contributed by atoms with Crippen LogP contribution in [0.1, 0.15) is 56.0 Å². The molecule has 0 atom stereocenters. The van der Waals surface area contributed by atoms with Gasteiger partial charge in [-0.15, -0.1) is 0 Å². The number of amides is 1. The van der Waals surface area contributed by atoms with Crippen LogP contribution in [0.5, 0.6) is 0 Å². The zero-order valence-electron chi connectivity index (χ0n) is 21.5. The molecule has 0 saturated carbocycles. The average molecular weight is 517 g/mol. The molecule has 0 bridgehead atoms. The minimum absolute atomic E-state index is 0.333. The van der Waals surface area contributed by atoms with Gasteiger partial charge in [-0.05, 0) is 95.3 Å². The van der Waals surface area contributed by atoms with E-state index in [4.69, 9.17) is 16.3 Å². The van der Waals surface area contributed by atoms with Crippen molar-refractivity contribution in [3.05, 3.63) is 105 Å². The van der Waals surface area contributed by atoms with Crippen molar-refractivity contribution in [1.29, 1.82) is 0 Å². The molecule has 7 nitrogen and oxygen atoms in total. The number of hydrazone groups is 1. The number of carbonyl (C=O) groups excluding carboxylic acids is 2. The normalized spacial score (nSPS) is 11.2. The van der Waals surface area contributed by atoms with Gasteiger partial charge in [0.25, 0.3) is 5.91 Å². The highest BCUT2D eigenvalue weighted by Crippen LogP contribution is 2.23. The Morgan fingerprint density at radius 1 is 0.892 bits per heavy atom. The van der Waals surface area contributed by atoms with Crippen molar-refractivity contribution in [2.75, 3.05) is 6.61 Å². The first-order valence-electron chi connectivity index (χ1n) is 12.0. The van der Waals surface area contributed by atoms with Gasteiger partial charge in [-0.2, -0.15) is 5.10 Å². The lowest BCUT2D eigenvalue weighted by atomic mass is 10.2. The smallest absolute Gasteiger partial charge is 0.338 e. The minimum Gasteiger partial charge on any atom is -0.462 e. The second-order valence-corrected chi connectivity index (χ2v) is 9.15. The summed E-state index contributed by atoms with van der Waals surface area (Å²) in [6, 6.07) is 18.6. The van der Waals surface area contributed by atoms with Crippen LogP contribution in [0.25, 0.3) is 11.4 Å². The summed E-state index contributed by atoms with van der Waals surface area (Å²) in [5.74, 6) is -0.739. The Labute approximate surface area is 221 Å². The maximum atomic E-state index is 12.9. The highest BCUT2D eigenvalue weighted by atomic mass is 35.5. The van der Waals surface area contributed by atoms with E-state index in [9.17, 15) is 9.59 Å². The molecule has 8 heteroatoms. The fraction of sp³-hybridized carbons (Fsp3) is 0.207. The molecule has 190 valence electrons. The van der Waals surface area contributed by atoms with Crippen molar-refractivity contribution >= 4 is 29.7 Å². The Morgan fingerprint density at radius 2 is 1.54 bits per heavy atom. The number of rotatable bonds is 7. The lowest BCUT2D eigenvalue weighted by Crippen LogP contribution is -2.18. The fourth-order valence-corrected chi connectivity index (χ4v) is 4.60. The molecule has 1 amide bonds. The lowest BCUT2D eigenvalue weighted by Gasteiger charge is -2.12. The standard InChI is InChI=1S/C29H29ClN4O3/c1-6-37-29(36)22-9-11-24(12-10-22)34-20(4)15-23(21(34)5)17-31-32-28(35)26-16-25(13-14-27(26)30)33-18(2)7-8-19(33)3/h7-17H,6H2,1-5H3,(H,32,35). The third kappa shape index (κ3) is 5.37. The molecular formula is C29H29ClN4O3. The van der Waals surface area contributed by atoms with E-state index in [1.54, 1.807) is 37.4 Å². The number of benzene rings is 2. The first-order chi connectivity index (χ1) is 17.7. The van der Waals surface area contributed by atoms with Crippen LogP contribution in [-0.4, -0.2) is 33.8 Å². The Bertz CT molecular complexity index is 1480. The molecule has 0 saturated heterocycles. The van der Waals surface area contributed by atoms with Gasteiger partial charge in [0.2, 0.25) is 0 Å². The van der Waals surface area contributed by atoms with E-state index in [-0.39, 0.29) is 5.97 Å². The number of nitrogens with one attached hydrogen (secondary N) is 1. The molecule has 0 aliphatic heterocycles. The number of ether oxygens (including phenoxy) is 1. The van der Waals surface area contributed by atoms with Crippen LogP contribution >= 0.6 is 11.6 Å². The maximum Gasteiger partial charge on any atom is 0.338 e. The van der Waals surface area contributed by atoms with Crippen LogP contribution in [0.4, 0.5) is 0 Å². The molecule has 1 N–H and O–H groups in total. The molecule has 0 fully saturated rings. The molecule has 4 aromatic rings. The molecular weight excluding hydrogens is 488 g/mol. The van der Waals surface area contributed by atoms with Crippen LogP contribution in [0.3, 0.4) is 0 Å². The summed E-state index contributed by atoms with van der Waals surface area (Å²) in [6.45, 7) is 10.1. The highest BCUT2D eigenvalue weighted by molar-refractivity contribution is 6.33. The van der Waals surface area contributed by atoms with Crippen LogP contribution in [0.15, 0.2) is 65.8 Å². The van der Waals surface area contributed by atoms with E-state index in [0.717, 1.165) is 39.7 Å². The SMILES string of the molecule is CCOC(=O)c1ccc(-n2c(C)cc(C=NNC(=O)c3cc(-n4c(C)ccc4C)ccc3Cl)c2C)cc1. The van der Waals surface area contributed by atoms with E-state index in [1.807, 2.05) is 64.1 Å². The van der Waals surface area contributed by atoms with Gasteiger partial charge < -0.3 is 13.9 Å². The zero-order chi connectivity index (χ0) is 26.7. The Hall–Kier alpha value is -4.10. The van der Waals surface area contributed by atoms with Crippen LogP contribution < -0.4 is 5.43 Å². The van der Waals surface area contributed by atoms with Crippen molar-refractivity contribution in [2.24, 2.45) is 5.10 Å². The second-order valence-electron chi connectivity index (χ2n) is 8.74. The number of nitrogens with zero attached hydrogens (tertiary/aromatic N) is 3. The van der Waals surface area contributed by atoms with Crippen LogP contribution in [0, 0.1) is 27.7 Å². The third-order valence-electron chi connectivity index (χ3n) is 6.20. The van der Waals surface area contributed by atoms with Gasteiger partial charge in [-0.3, -0.25) is 4.79 Å². The molecule has 0 radical (unpaired) electrons. The molecule has 37 heavy (non-hydrogen) atoms. The van der Waals surface area contributed by atoms with Gasteiger partial charge in [-0.25, -0.2) is 10.2 Å². The number of hydrogen-bond donors (Lipinski definition) is 1. The maximum absolute atomic E-state index is 12.9. The van der Waals surface area contributed by atoms with E-state index in [0.29, 0.717) is 22.8 Å². The number of carbonyl (C=O) groups is 2. The largest absolute Gasteiger partial charge is 0.462 e. The second kappa shape index (κ2) is 10.9. The van der Waals surface area contributed by atoms with Gasteiger partial charge >= 0.3 is 5.97 Å². The molecule has 0 aliphatic carbocycles. The van der Waals surface area contributed by atoms with Gasteiger partial charge in [0.1, 0.15) is 0 Å². The molecule has 2 aromatic heterocycles. The monoisotopic (exact) mass is 516 g/mol. The van der Waals surface area contributed by atoms with E-state index in [2.05, 4.69) is 19.7 Å². The summed E-state index contributed by atoms with van der Waals surface area (Å²) in [7, 11) is 0. The quantitative estimate of drug-likeness (QED) is 0.183. The topological polar surface area (TPSA) is 77.6 Å². The summed E-state index contributed by atoms with van der Waals surface area (Å²) in [5.41, 5.74) is 10.1. The molecule has 0 spiro atoms. The Balaban J connectivity index is 1.52. The first kappa shape index (κ1) is 26.0. The number of hydrogen-bond acceptors (Lipinski definition) is 4. The minimum atomic E-state index is -0.395. The zero-order valence-corrected chi connectivity index (χ0v) is 22.3. The Kier molecular flexibility index (Phi) is 7.64. The lowest BCUT2D eigenvalue weighted by molar-refractivity contribution is 0.0526. The summed E-state index contributed by atoms with van der Waals surface area (Å²) < 4.78 is 9.17. The van der Waals surface area contributed by atoms with Crippen molar-refractivity contribution in [3.63, 3.8) is 0 Å².